The van der Waals surface area contributed by atoms with Gasteiger partial charge < -0.3 is 23.5 Å². The molecular formula is C46H42BN3O2. The molecule has 0 radical (unpaired) electrons. The summed E-state index contributed by atoms with van der Waals surface area (Å²) >= 11 is 0. The van der Waals surface area contributed by atoms with Crippen molar-refractivity contribution < 1.29 is 8.83 Å². The maximum absolute atomic E-state index is 7.05. The number of para-hydroxylation sites is 4. The minimum atomic E-state index is -0.252. The lowest BCUT2D eigenvalue weighted by Gasteiger charge is -2.41. The molecule has 9 rings (SSSR count). The Labute approximate surface area is 306 Å². The second-order valence-electron chi connectivity index (χ2n) is 15.9. The minimum absolute atomic E-state index is 0.204. The predicted octanol–water partition coefficient (Wildman–Crippen LogP) is 11.0. The Balaban J connectivity index is 1.42. The van der Waals surface area contributed by atoms with E-state index in [1.165, 1.54) is 0 Å². The summed E-state index contributed by atoms with van der Waals surface area (Å²) in [4.78, 5) is 7.14. The molecular weight excluding hydrogens is 637 g/mol. The Kier molecular flexibility index (Phi) is 7.30. The zero-order valence-corrected chi connectivity index (χ0v) is 30.6. The third-order valence-corrected chi connectivity index (χ3v) is 10.2. The van der Waals surface area contributed by atoms with Crippen LogP contribution in [0, 0.1) is 0 Å². The van der Waals surface area contributed by atoms with Gasteiger partial charge in [-0.2, -0.15) is 0 Å². The average molecular weight is 680 g/mol. The molecule has 0 saturated heterocycles. The van der Waals surface area contributed by atoms with Crippen molar-refractivity contribution in [2.45, 2.75) is 52.4 Å². The van der Waals surface area contributed by atoms with E-state index in [0.717, 1.165) is 79.5 Å². The first kappa shape index (κ1) is 32.1. The number of nitrogens with zero attached hydrogens (tertiary/aromatic N) is 3. The fraction of sp³-hybridized carbons (Fsp3) is 0.174. The van der Waals surface area contributed by atoms with Gasteiger partial charge in [-0.3, -0.25) is 0 Å². The highest BCUT2D eigenvalue weighted by atomic mass is 16.4. The van der Waals surface area contributed by atoms with Crippen LogP contribution in [0.4, 0.5) is 51.2 Å². The van der Waals surface area contributed by atoms with Gasteiger partial charge in [0.1, 0.15) is 22.8 Å². The Morgan fingerprint density at radius 1 is 0.442 bits per heavy atom. The molecule has 5 aromatic carbocycles. The van der Waals surface area contributed by atoms with Gasteiger partial charge in [0.2, 0.25) is 0 Å². The Morgan fingerprint density at radius 3 is 1.17 bits per heavy atom. The summed E-state index contributed by atoms with van der Waals surface area (Å²) in [5, 5.41) is 0. The van der Waals surface area contributed by atoms with E-state index in [4.69, 9.17) is 8.83 Å². The number of hydrogen-bond donors (Lipinski definition) is 0. The van der Waals surface area contributed by atoms with Crippen molar-refractivity contribution in [3.05, 3.63) is 157 Å². The smallest absolute Gasteiger partial charge is 0.342 e. The summed E-state index contributed by atoms with van der Waals surface area (Å²) in [6.07, 6.45) is 0. The predicted molar refractivity (Wildman–Crippen MR) is 217 cm³/mol. The monoisotopic (exact) mass is 679 g/mol. The molecule has 2 aromatic heterocycles. The summed E-state index contributed by atoms with van der Waals surface area (Å²) in [5.74, 6) is 1.88. The van der Waals surface area contributed by atoms with E-state index < -0.39 is 0 Å². The van der Waals surface area contributed by atoms with Crippen molar-refractivity contribution in [1.82, 2.24) is 0 Å². The SMILES string of the molecule is CC(C)(C)c1cc2c(o1)B1c3oc(C(C)(C)C)cc3N(c3ccccc3)c3cc(N(c4ccccc4)c4ccccc4)cc(c31)N2c1ccccc1. The number of anilines is 9. The van der Waals surface area contributed by atoms with E-state index in [1.807, 2.05) is 0 Å². The van der Waals surface area contributed by atoms with E-state index >= 15 is 0 Å². The average Bonchev–Trinajstić information content (AvgIpc) is 3.80. The molecule has 2 aliphatic rings. The van der Waals surface area contributed by atoms with Gasteiger partial charge in [0.25, 0.3) is 0 Å². The van der Waals surface area contributed by atoms with Crippen LogP contribution in [0.1, 0.15) is 53.1 Å². The highest BCUT2D eigenvalue weighted by molar-refractivity contribution is 6.99. The Hall–Kier alpha value is -5.88. The summed E-state index contributed by atoms with van der Waals surface area (Å²) < 4.78 is 14.1. The molecule has 0 saturated carbocycles. The van der Waals surface area contributed by atoms with E-state index in [0.29, 0.717) is 0 Å². The largest absolute Gasteiger partial charge is 0.472 e. The van der Waals surface area contributed by atoms with Crippen LogP contribution < -0.4 is 31.5 Å². The molecule has 0 N–H and O–H groups in total. The molecule has 0 atom stereocenters. The van der Waals surface area contributed by atoms with Gasteiger partial charge in [-0.1, -0.05) is 114 Å². The van der Waals surface area contributed by atoms with Gasteiger partial charge in [-0.25, -0.2) is 0 Å². The molecule has 6 heteroatoms. The van der Waals surface area contributed by atoms with Crippen molar-refractivity contribution in [2.24, 2.45) is 0 Å². The highest BCUT2D eigenvalue weighted by Gasteiger charge is 2.50. The lowest BCUT2D eigenvalue weighted by molar-refractivity contribution is 0.419. The maximum atomic E-state index is 7.05. The van der Waals surface area contributed by atoms with Gasteiger partial charge in [-0.05, 0) is 66.1 Å². The molecule has 0 bridgehead atoms. The minimum Gasteiger partial charge on any atom is -0.472 e. The van der Waals surface area contributed by atoms with Crippen LogP contribution in [-0.2, 0) is 10.8 Å². The molecule has 0 spiro atoms. The normalized spacial score (nSPS) is 13.5. The summed E-state index contributed by atoms with van der Waals surface area (Å²) in [6.45, 7) is 13.0. The van der Waals surface area contributed by atoms with E-state index in [9.17, 15) is 0 Å². The van der Waals surface area contributed by atoms with Gasteiger partial charge in [0.05, 0.1) is 17.1 Å². The first-order chi connectivity index (χ1) is 25.1. The third kappa shape index (κ3) is 5.16. The van der Waals surface area contributed by atoms with E-state index in [2.05, 4.69) is 202 Å². The molecule has 0 fully saturated rings. The lowest BCUT2D eigenvalue weighted by atomic mass is 9.38. The number of rotatable bonds is 5. The molecule has 0 aliphatic carbocycles. The van der Waals surface area contributed by atoms with Crippen molar-refractivity contribution in [1.29, 1.82) is 0 Å². The van der Waals surface area contributed by atoms with Crippen LogP contribution >= 0.6 is 0 Å². The van der Waals surface area contributed by atoms with E-state index in [1.54, 1.807) is 0 Å². The van der Waals surface area contributed by atoms with E-state index in [-0.39, 0.29) is 17.5 Å². The highest BCUT2D eigenvalue weighted by Crippen LogP contribution is 2.49. The second kappa shape index (κ2) is 11.8. The molecule has 2 aliphatic heterocycles. The van der Waals surface area contributed by atoms with Gasteiger partial charge in [-0.15, -0.1) is 0 Å². The van der Waals surface area contributed by atoms with Crippen LogP contribution in [-0.4, -0.2) is 6.71 Å². The molecule has 256 valence electrons. The number of fused-ring (bicyclic) bond motifs is 4. The summed E-state index contributed by atoms with van der Waals surface area (Å²) in [7, 11) is 0. The zero-order chi connectivity index (χ0) is 35.8. The van der Waals surface area contributed by atoms with Crippen LogP contribution in [0.15, 0.2) is 154 Å². The van der Waals surface area contributed by atoms with Crippen molar-refractivity contribution in [2.75, 3.05) is 14.7 Å². The second-order valence-corrected chi connectivity index (χ2v) is 15.9. The van der Waals surface area contributed by atoms with Gasteiger partial charge in [0.15, 0.2) is 0 Å². The van der Waals surface area contributed by atoms with Crippen LogP contribution in [0.2, 0.25) is 0 Å². The van der Waals surface area contributed by atoms with Crippen molar-refractivity contribution in [3.63, 3.8) is 0 Å². The first-order valence-corrected chi connectivity index (χ1v) is 18.1. The standard InChI is InChI=1S/C46H42BN3O2/c1-45(2,3)40-29-38-43(51-40)47-42-36(49(38)33-23-15-9-16-24-33)27-35(48(31-19-11-7-12-20-31)32-21-13-8-14-22-32)28-37(42)50(34-25-17-10-18-26-34)39-30-41(46(4,5)6)52-44(39)47/h7-30H,1-6H3. The van der Waals surface area contributed by atoms with Gasteiger partial charge >= 0.3 is 6.71 Å². The fourth-order valence-corrected chi connectivity index (χ4v) is 7.65. The Bertz CT molecular complexity index is 2220. The Morgan fingerprint density at radius 2 is 0.808 bits per heavy atom. The molecule has 5 nitrogen and oxygen atoms in total. The molecule has 7 aromatic rings. The van der Waals surface area contributed by atoms with Crippen LogP contribution in [0.25, 0.3) is 0 Å². The molecule has 4 heterocycles. The summed E-state index contributed by atoms with van der Waals surface area (Å²) in [5.41, 5.74) is 12.2. The van der Waals surface area contributed by atoms with Crippen LogP contribution in [0.3, 0.4) is 0 Å². The molecule has 0 amide bonds. The van der Waals surface area contributed by atoms with Crippen molar-refractivity contribution in [3.8, 4) is 0 Å². The van der Waals surface area contributed by atoms with Crippen LogP contribution in [0.5, 0.6) is 0 Å². The lowest BCUT2D eigenvalue weighted by Crippen LogP contribution is -2.60. The number of benzene rings is 5. The molecule has 0 unspecified atom stereocenters. The fourth-order valence-electron chi connectivity index (χ4n) is 7.65. The third-order valence-electron chi connectivity index (χ3n) is 10.2. The number of furan rings is 2. The van der Waals surface area contributed by atoms with Gasteiger partial charge in [0, 0.05) is 57.1 Å². The number of hydrogen-bond acceptors (Lipinski definition) is 5. The van der Waals surface area contributed by atoms with Crippen molar-refractivity contribution >= 4 is 74.7 Å². The summed E-state index contributed by atoms with van der Waals surface area (Å²) in [6, 6.07) is 51.8. The topological polar surface area (TPSA) is 36.0 Å². The maximum Gasteiger partial charge on any atom is 0.342 e. The zero-order valence-electron chi connectivity index (χ0n) is 30.6. The first-order valence-electron chi connectivity index (χ1n) is 18.1. The quantitative estimate of drug-likeness (QED) is 0.169. The molecule has 52 heavy (non-hydrogen) atoms.